The number of aromatic hydroxyl groups is 1. The van der Waals surface area contributed by atoms with Crippen molar-refractivity contribution in [2.45, 2.75) is 44.0 Å². The number of sulfone groups is 1. The van der Waals surface area contributed by atoms with Gasteiger partial charge in [-0.1, -0.05) is 36.6 Å². The number of phenolic OH excluding ortho intramolecular Hbond substituents is 1. The summed E-state index contributed by atoms with van der Waals surface area (Å²) in [6, 6.07) is 4.96. The molecule has 0 saturated carbocycles. The summed E-state index contributed by atoms with van der Waals surface area (Å²) in [5.41, 5.74) is 3.88. The number of benzene rings is 1. The number of rotatable bonds is 8. The van der Waals surface area contributed by atoms with Crippen molar-refractivity contribution in [3.8, 4) is 5.75 Å². The summed E-state index contributed by atoms with van der Waals surface area (Å²) in [5.74, 6) is 0.228. The van der Waals surface area contributed by atoms with Gasteiger partial charge in [0, 0.05) is 7.11 Å². The summed E-state index contributed by atoms with van der Waals surface area (Å²) in [6.07, 6.45) is 5.34. The third-order valence-electron chi connectivity index (χ3n) is 5.32. The molecule has 7 heteroatoms. The molecule has 0 amide bonds. The first-order valence-corrected chi connectivity index (χ1v) is 11.7. The molecule has 1 N–H and O–H groups in total. The van der Waals surface area contributed by atoms with Crippen LogP contribution in [0.5, 0.6) is 5.75 Å². The molecule has 0 aliphatic carbocycles. The second-order valence-electron chi connectivity index (χ2n) is 7.41. The Morgan fingerprint density at radius 1 is 1.39 bits per heavy atom. The van der Waals surface area contributed by atoms with Crippen molar-refractivity contribution in [1.29, 1.82) is 0 Å². The number of allylic oxidation sites excluding steroid dienone is 1. The van der Waals surface area contributed by atoms with Gasteiger partial charge in [-0.3, -0.25) is 0 Å². The summed E-state index contributed by atoms with van der Waals surface area (Å²) < 4.78 is 35.9. The molecule has 2 heterocycles. The molecule has 0 aromatic heterocycles. The van der Waals surface area contributed by atoms with E-state index in [1.807, 2.05) is 0 Å². The predicted octanol–water partition coefficient (Wildman–Crippen LogP) is 4.15. The van der Waals surface area contributed by atoms with E-state index in [2.05, 4.69) is 13.0 Å². The van der Waals surface area contributed by atoms with E-state index >= 15 is 0 Å². The summed E-state index contributed by atoms with van der Waals surface area (Å²) in [6.45, 7) is 2.70. The van der Waals surface area contributed by atoms with Gasteiger partial charge in [0.1, 0.15) is 11.0 Å². The van der Waals surface area contributed by atoms with Gasteiger partial charge in [0.15, 0.2) is 9.84 Å². The number of fused-ring (bicyclic) bond motifs is 1. The molecule has 154 valence electrons. The number of methoxy groups -OCH3 is 1. The van der Waals surface area contributed by atoms with E-state index in [9.17, 15) is 13.5 Å². The SMILES string of the molecule is CCC/C(=C\c1ccc(O)cc1Cl)CC[C@H]1OC[C@H]2C1=C(COC)CS2(=O)=O. The van der Waals surface area contributed by atoms with Crippen LogP contribution in [0, 0.1) is 0 Å². The van der Waals surface area contributed by atoms with E-state index in [4.69, 9.17) is 21.1 Å². The minimum atomic E-state index is -3.17. The van der Waals surface area contributed by atoms with E-state index < -0.39 is 15.1 Å². The van der Waals surface area contributed by atoms with Gasteiger partial charge in [0.25, 0.3) is 0 Å². The lowest BCUT2D eigenvalue weighted by Gasteiger charge is -2.15. The minimum Gasteiger partial charge on any atom is -0.508 e. The van der Waals surface area contributed by atoms with Crippen molar-refractivity contribution in [2.75, 3.05) is 26.1 Å². The van der Waals surface area contributed by atoms with Crippen molar-refractivity contribution in [3.05, 3.63) is 45.5 Å². The first-order valence-electron chi connectivity index (χ1n) is 9.57. The molecular formula is C21H27ClO5S. The normalized spacial score (nSPS) is 24.0. The van der Waals surface area contributed by atoms with Crippen LogP contribution in [-0.2, 0) is 19.3 Å². The monoisotopic (exact) mass is 426 g/mol. The Labute approximate surface area is 171 Å². The number of hydrogen-bond donors (Lipinski definition) is 1. The molecule has 0 spiro atoms. The average molecular weight is 427 g/mol. The summed E-state index contributed by atoms with van der Waals surface area (Å²) in [7, 11) is -1.58. The highest BCUT2D eigenvalue weighted by Crippen LogP contribution is 2.39. The van der Waals surface area contributed by atoms with Gasteiger partial charge < -0.3 is 14.6 Å². The van der Waals surface area contributed by atoms with Crippen molar-refractivity contribution in [3.63, 3.8) is 0 Å². The Hall–Kier alpha value is -1.34. The van der Waals surface area contributed by atoms with Gasteiger partial charge in [0.05, 0.1) is 30.1 Å². The lowest BCUT2D eigenvalue weighted by molar-refractivity contribution is 0.116. The molecule has 1 saturated heterocycles. The molecular weight excluding hydrogens is 400 g/mol. The second kappa shape index (κ2) is 8.99. The fraction of sp³-hybridized carbons (Fsp3) is 0.524. The molecule has 3 rings (SSSR count). The van der Waals surface area contributed by atoms with Gasteiger partial charge in [-0.2, -0.15) is 0 Å². The van der Waals surface area contributed by atoms with Crippen LogP contribution >= 0.6 is 11.6 Å². The molecule has 2 atom stereocenters. The van der Waals surface area contributed by atoms with Crippen molar-refractivity contribution in [1.82, 2.24) is 0 Å². The van der Waals surface area contributed by atoms with E-state index in [1.54, 1.807) is 19.2 Å². The highest BCUT2D eigenvalue weighted by atomic mass is 35.5. The number of hydrogen-bond acceptors (Lipinski definition) is 5. The van der Waals surface area contributed by atoms with Crippen molar-refractivity contribution in [2.24, 2.45) is 0 Å². The lowest BCUT2D eigenvalue weighted by atomic mass is 9.95. The molecule has 1 aromatic rings. The Balaban J connectivity index is 1.77. The lowest BCUT2D eigenvalue weighted by Crippen LogP contribution is -2.19. The third-order valence-corrected chi connectivity index (χ3v) is 7.66. The zero-order chi connectivity index (χ0) is 20.3. The Morgan fingerprint density at radius 2 is 2.18 bits per heavy atom. The number of halogens is 1. The van der Waals surface area contributed by atoms with Gasteiger partial charge in [-0.25, -0.2) is 8.42 Å². The van der Waals surface area contributed by atoms with E-state index in [1.165, 1.54) is 11.6 Å². The highest BCUT2D eigenvalue weighted by molar-refractivity contribution is 7.92. The Kier molecular flexibility index (Phi) is 6.86. The maximum Gasteiger partial charge on any atom is 0.163 e. The van der Waals surface area contributed by atoms with E-state index in [0.29, 0.717) is 11.6 Å². The largest absolute Gasteiger partial charge is 0.508 e. The average Bonchev–Trinajstić information content (AvgIpc) is 3.16. The first kappa shape index (κ1) is 21.4. The second-order valence-corrected chi connectivity index (χ2v) is 10.00. The topological polar surface area (TPSA) is 72.8 Å². The molecule has 28 heavy (non-hydrogen) atoms. The number of ether oxygens (including phenoxy) is 2. The zero-order valence-electron chi connectivity index (χ0n) is 16.3. The van der Waals surface area contributed by atoms with Gasteiger partial charge in [-0.15, -0.1) is 0 Å². The smallest absolute Gasteiger partial charge is 0.163 e. The van der Waals surface area contributed by atoms with Gasteiger partial charge >= 0.3 is 0 Å². The van der Waals surface area contributed by atoms with Crippen LogP contribution in [0.3, 0.4) is 0 Å². The predicted molar refractivity (Wildman–Crippen MR) is 111 cm³/mol. The summed E-state index contributed by atoms with van der Waals surface area (Å²) >= 11 is 6.24. The molecule has 0 radical (unpaired) electrons. The van der Waals surface area contributed by atoms with Gasteiger partial charge in [0.2, 0.25) is 0 Å². The highest BCUT2D eigenvalue weighted by Gasteiger charge is 2.46. The van der Waals surface area contributed by atoms with Crippen LogP contribution in [0.4, 0.5) is 0 Å². The maximum absolute atomic E-state index is 12.4. The van der Waals surface area contributed by atoms with Crippen LogP contribution in [-0.4, -0.2) is 51.0 Å². The minimum absolute atomic E-state index is 0.0848. The quantitative estimate of drug-likeness (QED) is 0.632. The van der Waals surface area contributed by atoms with Gasteiger partial charge in [-0.05, 0) is 54.2 Å². The molecule has 0 unspecified atom stereocenters. The fourth-order valence-electron chi connectivity index (χ4n) is 4.07. The Bertz CT molecular complexity index is 888. The fourth-order valence-corrected chi connectivity index (χ4v) is 6.23. The third kappa shape index (κ3) is 4.62. The van der Waals surface area contributed by atoms with Crippen LogP contribution in [0.25, 0.3) is 6.08 Å². The van der Waals surface area contributed by atoms with Crippen molar-refractivity contribution < 1.29 is 23.0 Å². The maximum atomic E-state index is 12.4. The van der Waals surface area contributed by atoms with Crippen LogP contribution in [0.1, 0.15) is 38.2 Å². The van der Waals surface area contributed by atoms with E-state index in [0.717, 1.165) is 42.4 Å². The van der Waals surface area contributed by atoms with Crippen molar-refractivity contribution >= 4 is 27.5 Å². The van der Waals surface area contributed by atoms with Crippen LogP contribution in [0.2, 0.25) is 5.02 Å². The molecule has 2 aliphatic heterocycles. The van der Waals surface area contributed by atoms with Crippen LogP contribution in [0.15, 0.2) is 34.9 Å². The number of phenols is 1. The molecule has 1 aromatic carbocycles. The summed E-state index contributed by atoms with van der Waals surface area (Å²) in [5, 5.41) is 9.54. The molecule has 1 fully saturated rings. The molecule has 0 bridgehead atoms. The van der Waals surface area contributed by atoms with Crippen LogP contribution < -0.4 is 0 Å². The Morgan fingerprint density at radius 3 is 2.86 bits per heavy atom. The molecule has 2 aliphatic rings. The standard InChI is InChI=1S/C21H27ClO5S/c1-3-4-14(9-15-6-7-17(23)10-18(15)22)5-8-19-21-16(11-26-2)13-28(24,25)20(21)12-27-19/h6-7,9-10,19-20,23H,3-5,8,11-13H2,1-2H3/b14-9+/t19-,20+/m1/s1. The zero-order valence-corrected chi connectivity index (χ0v) is 17.9. The van der Waals surface area contributed by atoms with E-state index in [-0.39, 0.29) is 24.2 Å². The first-order chi connectivity index (χ1) is 13.4. The molecule has 5 nitrogen and oxygen atoms in total. The summed E-state index contributed by atoms with van der Waals surface area (Å²) in [4.78, 5) is 0.